The average Bonchev–Trinajstić information content (AvgIpc) is 2.25. The van der Waals surface area contributed by atoms with Gasteiger partial charge in [0.15, 0.2) is 0 Å². The summed E-state index contributed by atoms with van der Waals surface area (Å²) >= 11 is 6.56. The summed E-state index contributed by atoms with van der Waals surface area (Å²) in [6.45, 7) is 6.03. The molecule has 3 nitrogen and oxygen atoms in total. The maximum absolute atomic E-state index is 13.3. The van der Waals surface area contributed by atoms with E-state index in [2.05, 4.69) is 41.8 Å². The van der Waals surface area contributed by atoms with Gasteiger partial charge in [0, 0.05) is 22.0 Å². The molecular formula is C14H13Br2FN2O. The first-order valence-electron chi connectivity index (χ1n) is 5.93. The molecule has 0 spiro atoms. The number of hydrogen-bond donors (Lipinski definition) is 0. The summed E-state index contributed by atoms with van der Waals surface area (Å²) in [6, 6.07) is 5.99. The molecule has 0 fully saturated rings. The number of halogens is 3. The second-order valence-electron chi connectivity index (χ2n) is 5.31. The molecule has 0 atom stereocenters. The smallest absolute Gasteiger partial charge is 0.223 e. The van der Waals surface area contributed by atoms with Crippen LogP contribution in [0.15, 0.2) is 33.3 Å². The van der Waals surface area contributed by atoms with Gasteiger partial charge >= 0.3 is 0 Å². The number of benzene rings is 1. The predicted molar refractivity (Wildman–Crippen MR) is 82.6 cm³/mol. The van der Waals surface area contributed by atoms with Crippen LogP contribution in [0.1, 0.15) is 26.6 Å². The van der Waals surface area contributed by atoms with E-state index in [9.17, 15) is 4.39 Å². The van der Waals surface area contributed by atoms with Crippen LogP contribution >= 0.6 is 31.9 Å². The van der Waals surface area contributed by atoms with Crippen molar-refractivity contribution < 1.29 is 9.13 Å². The number of rotatable bonds is 2. The molecule has 0 aliphatic rings. The lowest BCUT2D eigenvalue weighted by atomic mass is 9.96. The minimum Gasteiger partial charge on any atom is -0.439 e. The van der Waals surface area contributed by atoms with Gasteiger partial charge in [-0.2, -0.15) is 4.98 Å². The quantitative estimate of drug-likeness (QED) is 0.644. The van der Waals surface area contributed by atoms with Gasteiger partial charge < -0.3 is 4.74 Å². The van der Waals surface area contributed by atoms with Gasteiger partial charge in [0.25, 0.3) is 0 Å². The molecule has 2 rings (SSSR count). The third kappa shape index (κ3) is 3.99. The Balaban J connectivity index is 2.36. The van der Waals surface area contributed by atoms with Gasteiger partial charge in [-0.1, -0.05) is 36.7 Å². The number of ether oxygens (including phenoxy) is 1. The zero-order valence-corrected chi connectivity index (χ0v) is 14.4. The Morgan fingerprint density at radius 2 is 1.75 bits per heavy atom. The Bertz CT molecular complexity index is 621. The van der Waals surface area contributed by atoms with E-state index < -0.39 is 0 Å². The molecule has 0 amide bonds. The van der Waals surface area contributed by atoms with Crippen LogP contribution in [0.3, 0.4) is 0 Å². The molecule has 0 unspecified atom stereocenters. The van der Waals surface area contributed by atoms with E-state index in [1.165, 1.54) is 12.1 Å². The van der Waals surface area contributed by atoms with Crippen molar-refractivity contribution in [2.45, 2.75) is 26.2 Å². The summed E-state index contributed by atoms with van der Waals surface area (Å²) in [4.78, 5) is 8.68. The van der Waals surface area contributed by atoms with Gasteiger partial charge in [0.1, 0.15) is 22.0 Å². The van der Waals surface area contributed by atoms with Gasteiger partial charge in [-0.3, -0.25) is 0 Å². The predicted octanol–water partition coefficient (Wildman–Crippen LogP) is 5.23. The number of hydrogen-bond acceptors (Lipinski definition) is 3. The maximum atomic E-state index is 13.3. The molecule has 106 valence electrons. The Morgan fingerprint density at radius 3 is 2.35 bits per heavy atom. The summed E-state index contributed by atoms with van der Waals surface area (Å²) in [7, 11) is 0. The second-order valence-corrected chi connectivity index (χ2v) is 7.04. The topological polar surface area (TPSA) is 35.0 Å². The first-order valence-corrected chi connectivity index (χ1v) is 7.52. The molecule has 1 aromatic heterocycles. The van der Waals surface area contributed by atoms with Crippen LogP contribution < -0.4 is 4.74 Å². The van der Waals surface area contributed by atoms with E-state index in [1.54, 1.807) is 12.1 Å². The summed E-state index contributed by atoms with van der Waals surface area (Å²) in [5.74, 6) is 1.02. The molecule has 0 N–H and O–H groups in total. The van der Waals surface area contributed by atoms with Gasteiger partial charge in [-0.05, 0) is 28.1 Å². The van der Waals surface area contributed by atoms with E-state index in [-0.39, 0.29) is 11.2 Å². The Labute approximate surface area is 133 Å². The lowest BCUT2D eigenvalue weighted by Crippen LogP contribution is -2.16. The summed E-state index contributed by atoms with van der Waals surface area (Å²) in [6.07, 6.45) is 0. The fraction of sp³-hybridized carbons (Fsp3) is 0.286. The van der Waals surface area contributed by atoms with Crippen LogP contribution in [0, 0.1) is 5.82 Å². The molecule has 0 aliphatic carbocycles. The van der Waals surface area contributed by atoms with Crippen LogP contribution in [-0.2, 0) is 5.41 Å². The third-order valence-electron chi connectivity index (χ3n) is 2.40. The molecule has 0 aliphatic heterocycles. The van der Waals surface area contributed by atoms with Crippen molar-refractivity contribution in [1.82, 2.24) is 9.97 Å². The molecule has 0 bridgehead atoms. The minimum absolute atomic E-state index is 0.204. The molecule has 2 aromatic rings. The molecular weight excluding hydrogens is 391 g/mol. The first kappa shape index (κ1) is 15.4. The summed E-state index contributed by atoms with van der Waals surface area (Å²) in [5.41, 5.74) is -0.204. The zero-order chi connectivity index (χ0) is 14.9. The van der Waals surface area contributed by atoms with Crippen LogP contribution in [0.2, 0.25) is 0 Å². The highest BCUT2D eigenvalue weighted by Gasteiger charge is 2.19. The van der Waals surface area contributed by atoms with Crippen molar-refractivity contribution in [3.8, 4) is 11.6 Å². The molecule has 6 heteroatoms. The SMILES string of the molecule is CC(C)(C)c1nc(Br)cc(Oc2cc(F)cc(Br)c2)n1. The highest BCUT2D eigenvalue weighted by molar-refractivity contribution is 9.10. The van der Waals surface area contributed by atoms with E-state index in [0.29, 0.717) is 26.5 Å². The lowest BCUT2D eigenvalue weighted by Gasteiger charge is -2.17. The Morgan fingerprint density at radius 1 is 1.05 bits per heavy atom. The van der Waals surface area contributed by atoms with Crippen LogP contribution in [0.5, 0.6) is 11.6 Å². The van der Waals surface area contributed by atoms with Crippen LogP contribution in [-0.4, -0.2) is 9.97 Å². The Kier molecular flexibility index (Phi) is 4.44. The van der Waals surface area contributed by atoms with Crippen molar-refractivity contribution in [2.24, 2.45) is 0 Å². The van der Waals surface area contributed by atoms with E-state index in [4.69, 9.17) is 4.74 Å². The number of nitrogens with zero attached hydrogens (tertiary/aromatic N) is 2. The van der Waals surface area contributed by atoms with E-state index >= 15 is 0 Å². The largest absolute Gasteiger partial charge is 0.439 e. The van der Waals surface area contributed by atoms with E-state index in [0.717, 1.165) is 0 Å². The normalized spacial score (nSPS) is 11.5. The van der Waals surface area contributed by atoms with Crippen LogP contribution in [0.4, 0.5) is 4.39 Å². The molecule has 1 heterocycles. The van der Waals surface area contributed by atoms with Gasteiger partial charge in [-0.15, -0.1) is 0 Å². The first-order chi connectivity index (χ1) is 9.24. The van der Waals surface area contributed by atoms with Gasteiger partial charge in [0.2, 0.25) is 5.88 Å². The highest BCUT2D eigenvalue weighted by atomic mass is 79.9. The summed E-state index contributed by atoms with van der Waals surface area (Å²) < 4.78 is 20.2. The maximum Gasteiger partial charge on any atom is 0.223 e. The molecule has 1 aromatic carbocycles. The van der Waals surface area contributed by atoms with Crippen LogP contribution in [0.25, 0.3) is 0 Å². The lowest BCUT2D eigenvalue weighted by molar-refractivity contribution is 0.441. The standard InChI is InChI=1S/C14H13Br2FN2O/c1-14(2,3)13-18-11(16)7-12(19-13)20-10-5-8(15)4-9(17)6-10/h4-7H,1-3H3. The van der Waals surface area contributed by atoms with E-state index in [1.807, 2.05) is 20.8 Å². The Hall–Kier alpha value is -1.01. The number of aromatic nitrogens is 2. The monoisotopic (exact) mass is 402 g/mol. The average molecular weight is 404 g/mol. The fourth-order valence-corrected chi connectivity index (χ4v) is 2.30. The van der Waals surface area contributed by atoms with Crippen molar-refractivity contribution in [1.29, 1.82) is 0 Å². The van der Waals surface area contributed by atoms with Crippen molar-refractivity contribution in [3.63, 3.8) is 0 Å². The molecule has 0 radical (unpaired) electrons. The van der Waals surface area contributed by atoms with Crippen molar-refractivity contribution >= 4 is 31.9 Å². The minimum atomic E-state index is -0.376. The van der Waals surface area contributed by atoms with Gasteiger partial charge in [-0.25, -0.2) is 9.37 Å². The fourth-order valence-electron chi connectivity index (χ4n) is 1.49. The molecule has 0 saturated carbocycles. The zero-order valence-electron chi connectivity index (χ0n) is 11.2. The van der Waals surface area contributed by atoms with Crippen molar-refractivity contribution in [2.75, 3.05) is 0 Å². The second kappa shape index (κ2) is 5.77. The molecule has 0 saturated heterocycles. The third-order valence-corrected chi connectivity index (χ3v) is 3.26. The molecule has 20 heavy (non-hydrogen) atoms. The summed E-state index contributed by atoms with van der Waals surface area (Å²) in [5, 5.41) is 0. The van der Waals surface area contributed by atoms with Crippen molar-refractivity contribution in [3.05, 3.63) is 45.0 Å². The van der Waals surface area contributed by atoms with Gasteiger partial charge in [0.05, 0.1) is 0 Å². The highest BCUT2D eigenvalue weighted by Crippen LogP contribution is 2.28.